The first-order chi connectivity index (χ1) is 29.2. The van der Waals surface area contributed by atoms with Gasteiger partial charge < -0.3 is 9.47 Å². The van der Waals surface area contributed by atoms with Crippen LogP contribution >= 0.6 is 0 Å². The number of hydrogen-bond donors (Lipinski definition) is 0. The van der Waals surface area contributed by atoms with E-state index in [1.807, 2.05) is 36.7 Å². The standard InChI is InChI=1S/C53H36N6/c1-54-47-15-5-7-17-51(47)58-34-41-10-2-3-13-43(41)45-30-46-44-14-4-6-16-50(44)59(53(46)31-52(45)58)42-28-48(37-22-18-35(19-23-37)39-11-8-26-55-32-39)57-49(29-42)38-24-20-36(21-25-38)40-12-9-27-56-33-40/h2-33H,1,34H2. The van der Waals surface area contributed by atoms with Crippen LogP contribution in [0, 0.1) is 0 Å². The average molecular weight is 757 g/mol. The van der Waals surface area contributed by atoms with Gasteiger partial charge in [0.1, 0.15) is 0 Å². The van der Waals surface area contributed by atoms with E-state index in [9.17, 15) is 0 Å². The molecule has 0 N–H and O–H groups in total. The summed E-state index contributed by atoms with van der Waals surface area (Å²) in [5.41, 5.74) is 18.2. The number of hydrogen-bond acceptors (Lipinski definition) is 5. The Morgan fingerprint density at radius 2 is 1.08 bits per heavy atom. The smallest absolute Gasteiger partial charge is 0.0859 e. The van der Waals surface area contributed by atoms with Crippen molar-refractivity contribution in [2.75, 3.05) is 4.90 Å². The number of anilines is 2. The summed E-state index contributed by atoms with van der Waals surface area (Å²) >= 11 is 0. The molecule has 0 radical (unpaired) electrons. The predicted octanol–water partition coefficient (Wildman–Crippen LogP) is 13.3. The highest BCUT2D eigenvalue weighted by atomic mass is 15.2. The number of benzene rings is 6. The lowest BCUT2D eigenvalue weighted by molar-refractivity contribution is 0.961. The number of para-hydroxylation sites is 3. The van der Waals surface area contributed by atoms with E-state index in [2.05, 4.69) is 177 Å². The van der Waals surface area contributed by atoms with E-state index in [4.69, 9.17) is 4.98 Å². The molecule has 0 amide bonds. The Labute approximate surface area is 342 Å². The molecule has 278 valence electrons. The zero-order valence-corrected chi connectivity index (χ0v) is 32.1. The highest BCUT2D eigenvalue weighted by Gasteiger charge is 2.27. The van der Waals surface area contributed by atoms with Gasteiger partial charge >= 0.3 is 0 Å². The van der Waals surface area contributed by atoms with Gasteiger partial charge in [0, 0.05) is 58.8 Å². The van der Waals surface area contributed by atoms with Gasteiger partial charge in [-0.25, -0.2) is 4.98 Å². The number of rotatable bonds is 7. The molecular weight excluding hydrogens is 721 g/mol. The summed E-state index contributed by atoms with van der Waals surface area (Å²) in [5.74, 6) is 0. The van der Waals surface area contributed by atoms with Gasteiger partial charge in [-0.05, 0) is 94.7 Å². The van der Waals surface area contributed by atoms with Gasteiger partial charge in [0.05, 0.1) is 45.2 Å². The Hall–Kier alpha value is -7.96. The molecule has 6 nitrogen and oxygen atoms in total. The van der Waals surface area contributed by atoms with E-state index in [-0.39, 0.29) is 0 Å². The summed E-state index contributed by atoms with van der Waals surface area (Å²) in [7, 11) is 0. The first kappa shape index (κ1) is 34.3. The van der Waals surface area contributed by atoms with Crippen molar-refractivity contribution >= 4 is 45.6 Å². The average Bonchev–Trinajstić information content (AvgIpc) is 3.64. The molecule has 4 aromatic heterocycles. The summed E-state index contributed by atoms with van der Waals surface area (Å²) < 4.78 is 2.41. The third kappa shape index (κ3) is 5.97. The van der Waals surface area contributed by atoms with Crippen LogP contribution in [0.3, 0.4) is 0 Å². The summed E-state index contributed by atoms with van der Waals surface area (Å²) in [5, 5.41) is 2.38. The lowest BCUT2D eigenvalue weighted by atomic mass is 9.91. The summed E-state index contributed by atoms with van der Waals surface area (Å²) in [4.78, 5) is 20.9. The van der Waals surface area contributed by atoms with Crippen molar-refractivity contribution in [3.05, 3.63) is 200 Å². The minimum absolute atomic E-state index is 0.717. The SMILES string of the molecule is C=Nc1ccccc1N1Cc2ccccc2-c2cc3c4ccccc4n(-c4cc(-c5ccc(-c6cccnc6)cc5)nc(-c5ccc(-c6cccnc6)cc5)c4)c3cc21. The molecule has 10 aromatic rings. The molecular formula is C53H36N6. The van der Waals surface area contributed by atoms with E-state index in [0.717, 1.165) is 85.1 Å². The lowest BCUT2D eigenvalue weighted by Gasteiger charge is -2.34. The normalized spacial score (nSPS) is 12.0. The van der Waals surface area contributed by atoms with Crippen LogP contribution in [-0.4, -0.2) is 26.2 Å². The molecule has 5 heterocycles. The maximum atomic E-state index is 5.35. The number of nitrogens with zero attached hydrogens (tertiary/aromatic N) is 6. The number of fused-ring (bicyclic) bond motifs is 6. The molecule has 0 saturated carbocycles. The van der Waals surface area contributed by atoms with Crippen molar-refractivity contribution in [1.29, 1.82) is 0 Å². The summed E-state index contributed by atoms with van der Waals surface area (Å²) in [6.45, 7) is 4.65. The van der Waals surface area contributed by atoms with Crippen molar-refractivity contribution in [3.8, 4) is 61.6 Å². The molecule has 59 heavy (non-hydrogen) atoms. The molecule has 0 aliphatic carbocycles. The summed E-state index contributed by atoms with van der Waals surface area (Å²) in [6.07, 6.45) is 7.40. The molecule has 0 fully saturated rings. The quantitative estimate of drug-likeness (QED) is 0.152. The van der Waals surface area contributed by atoms with Crippen molar-refractivity contribution in [2.45, 2.75) is 6.54 Å². The van der Waals surface area contributed by atoms with E-state index in [1.165, 1.54) is 27.5 Å². The van der Waals surface area contributed by atoms with E-state index in [0.29, 0.717) is 0 Å². The number of aliphatic imine (C=N–C) groups is 1. The maximum Gasteiger partial charge on any atom is 0.0859 e. The minimum atomic E-state index is 0.717. The Kier molecular flexibility index (Phi) is 8.26. The largest absolute Gasteiger partial charge is 0.335 e. The molecule has 6 aromatic carbocycles. The zero-order valence-electron chi connectivity index (χ0n) is 32.1. The highest BCUT2D eigenvalue weighted by Crippen LogP contribution is 2.48. The molecule has 0 bridgehead atoms. The lowest BCUT2D eigenvalue weighted by Crippen LogP contribution is -2.21. The Morgan fingerprint density at radius 1 is 0.475 bits per heavy atom. The molecule has 6 heteroatoms. The topological polar surface area (TPSA) is 59.2 Å². The van der Waals surface area contributed by atoms with Crippen molar-refractivity contribution in [1.82, 2.24) is 19.5 Å². The van der Waals surface area contributed by atoms with Gasteiger partial charge in [-0.3, -0.25) is 15.0 Å². The fourth-order valence-electron chi connectivity index (χ4n) is 8.61. The van der Waals surface area contributed by atoms with Gasteiger partial charge in [0.15, 0.2) is 0 Å². The van der Waals surface area contributed by atoms with E-state index < -0.39 is 0 Å². The number of aromatic nitrogens is 4. The molecule has 1 aliphatic rings. The van der Waals surface area contributed by atoms with Crippen LogP contribution in [0.2, 0.25) is 0 Å². The fourth-order valence-corrected chi connectivity index (χ4v) is 8.61. The Balaban J connectivity index is 1.14. The first-order valence-corrected chi connectivity index (χ1v) is 19.7. The highest BCUT2D eigenvalue weighted by molar-refractivity contribution is 6.13. The van der Waals surface area contributed by atoms with Gasteiger partial charge in [-0.15, -0.1) is 0 Å². The Morgan fingerprint density at radius 3 is 1.75 bits per heavy atom. The van der Waals surface area contributed by atoms with Crippen LogP contribution in [0.4, 0.5) is 17.1 Å². The van der Waals surface area contributed by atoms with Crippen LogP contribution in [0.15, 0.2) is 200 Å². The second kappa shape index (κ2) is 14.2. The van der Waals surface area contributed by atoms with Crippen LogP contribution in [-0.2, 0) is 6.54 Å². The predicted molar refractivity (Wildman–Crippen MR) is 243 cm³/mol. The van der Waals surface area contributed by atoms with Crippen molar-refractivity contribution < 1.29 is 0 Å². The van der Waals surface area contributed by atoms with Crippen LogP contribution in [0.1, 0.15) is 5.56 Å². The fraction of sp³-hybridized carbons (Fsp3) is 0.0189. The molecule has 0 unspecified atom stereocenters. The molecule has 0 saturated heterocycles. The van der Waals surface area contributed by atoms with Crippen molar-refractivity contribution in [3.63, 3.8) is 0 Å². The zero-order chi connectivity index (χ0) is 39.3. The second-order valence-electron chi connectivity index (χ2n) is 14.9. The molecule has 0 atom stereocenters. The van der Waals surface area contributed by atoms with Gasteiger partial charge in [-0.1, -0.05) is 115 Å². The number of pyridine rings is 3. The molecule has 11 rings (SSSR count). The maximum absolute atomic E-state index is 5.35. The minimum Gasteiger partial charge on any atom is -0.335 e. The third-order valence-corrected chi connectivity index (χ3v) is 11.5. The van der Waals surface area contributed by atoms with E-state index >= 15 is 0 Å². The van der Waals surface area contributed by atoms with Crippen LogP contribution in [0.5, 0.6) is 0 Å². The Bertz CT molecular complexity index is 3090. The first-order valence-electron chi connectivity index (χ1n) is 19.7. The second-order valence-corrected chi connectivity index (χ2v) is 14.9. The van der Waals surface area contributed by atoms with Gasteiger partial charge in [0.25, 0.3) is 0 Å². The monoisotopic (exact) mass is 756 g/mol. The van der Waals surface area contributed by atoms with E-state index in [1.54, 1.807) is 12.4 Å². The third-order valence-electron chi connectivity index (χ3n) is 11.5. The van der Waals surface area contributed by atoms with Crippen LogP contribution in [0.25, 0.3) is 83.4 Å². The van der Waals surface area contributed by atoms with Crippen LogP contribution < -0.4 is 4.90 Å². The molecule has 0 spiro atoms. The molecule has 1 aliphatic heterocycles. The van der Waals surface area contributed by atoms with Gasteiger partial charge in [0.2, 0.25) is 0 Å². The van der Waals surface area contributed by atoms with Crippen molar-refractivity contribution in [2.24, 2.45) is 4.99 Å². The van der Waals surface area contributed by atoms with Gasteiger partial charge in [-0.2, -0.15) is 0 Å². The summed E-state index contributed by atoms with van der Waals surface area (Å²) in [6, 6.07) is 60.3.